The summed E-state index contributed by atoms with van der Waals surface area (Å²) in [4.78, 5) is 12.4. The van der Waals surface area contributed by atoms with Crippen LogP contribution in [-0.4, -0.2) is 37.8 Å². The summed E-state index contributed by atoms with van der Waals surface area (Å²) >= 11 is 0. The first kappa shape index (κ1) is 14.3. The minimum Gasteiger partial charge on any atom is -0.494 e. The van der Waals surface area contributed by atoms with Crippen LogP contribution < -0.4 is 15.4 Å². The molecule has 1 aromatic carbocycles. The fourth-order valence-corrected chi connectivity index (χ4v) is 1.37. The monoisotopic (exact) mass is 260 g/mol. The first-order valence-corrected chi connectivity index (χ1v) is 5.11. The lowest BCUT2D eigenvalue weighted by Crippen LogP contribution is -2.41. The average molecular weight is 260 g/mol. The van der Waals surface area contributed by atoms with Crippen molar-refractivity contribution < 1.29 is 23.4 Å². The number of methoxy groups -OCH3 is 1. The second kappa shape index (κ2) is 5.74. The molecule has 1 atom stereocenters. The summed E-state index contributed by atoms with van der Waals surface area (Å²) in [5.74, 6) is -2.73. The summed E-state index contributed by atoms with van der Waals surface area (Å²) in [7, 11) is 2.41. The van der Waals surface area contributed by atoms with Crippen molar-refractivity contribution in [3.8, 4) is 5.75 Å². The van der Waals surface area contributed by atoms with Gasteiger partial charge in [0.1, 0.15) is 6.10 Å². The summed E-state index contributed by atoms with van der Waals surface area (Å²) < 4.78 is 31.7. The molecule has 0 fully saturated rings. The van der Waals surface area contributed by atoms with Crippen molar-refractivity contribution in [2.75, 3.05) is 25.6 Å². The molecule has 0 radical (unpaired) electrons. The number of anilines is 1. The molecular formula is C11H14F2N2O3. The SMILES string of the molecule is COc1cc(F)c(N(C)C(=O)C(O)CN)cc1F. The number of nitrogens with two attached hydrogens (primary N) is 1. The van der Waals surface area contributed by atoms with E-state index in [1.54, 1.807) is 0 Å². The van der Waals surface area contributed by atoms with Crippen LogP contribution in [0.2, 0.25) is 0 Å². The number of aliphatic hydroxyl groups excluding tert-OH is 1. The van der Waals surface area contributed by atoms with E-state index < -0.39 is 23.6 Å². The van der Waals surface area contributed by atoms with Crippen LogP contribution in [0.15, 0.2) is 12.1 Å². The molecule has 0 heterocycles. The van der Waals surface area contributed by atoms with E-state index in [0.717, 1.165) is 17.0 Å². The van der Waals surface area contributed by atoms with E-state index in [4.69, 9.17) is 5.73 Å². The Balaban J connectivity index is 3.10. The van der Waals surface area contributed by atoms with Crippen molar-refractivity contribution in [3.63, 3.8) is 0 Å². The number of carbonyl (C=O) groups is 1. The van der Waals surface area contributed by atoms with Crippen molar-refractivity contribution in [2.45, 2.75) is 6.10 Å². The number of benzene rings is 1. The number of aliphatic hydroxyl groups is 1. The molecule has 0 bridgehead atoms. The molecule has 0 aliphatic rings. The van der Waals surface area contributed by atoms with E-state index in [-0.39, 0.29) is 18.0 Å². The minimum absolute atomic E-state index is 0.267. The molecular weight excluding hydrogens is 246 g/mol. The van der Waals surface area contributed by atoms with Gasteiger partial charge in [0.15, 0.2) is 17.4 Å². The van der Waals surface area contributed by atoms with Gasteiger partial charge < -0.3 is 20.5 Å². The average Bonchev–Trinajstić information content (AvgIpc) is 2.38. The molecule has 1 amide bonds. The Morgan fingerprint density at radius 2 is 2.11 bits per heavy atom. The minimum atomic E-state index is -1.46. The van der Waals surface area contributed by atoms with Gasteiger partial charge in [-0.15, -0.1) is 0 Å². The first-order valence-electron chi connectivity index (χ1n) is 5.11. The zero-order valence-electron chi connectivity index (χ0n) is 9.98. The molecule has 0 aliphatic carbocycles. The van der Waals surface area contributed by atoms with E-state index in [1.807, 2.05) is 0 Å². The molecule has 7 heteroatoms. The predicted molar refractivity (Wildman–Crippen MR) is 61.4 cm³/mol. The molecule has 5 nitrogen and oxygen atoms in total. The van der Waals surface area contributed by atoms with Crippen molar-refractivity contribution in [2.24, 2.45) is 5.73 Å². The van der Waals surface area contributed by atoms with Gasteiger partial charge in [-0.05, 0) is 0 Å². The lowest BCUT2D eigenvalue weighted by molar-refractivity contribution is -0.125. The number of nitrogens with zero attached hydrogens (tertiary/aromatic N) is 1. The van der Waals surface area contributed by atoms with E-state index >= 15 is 0 Å². The van der Waals surface area contributed by atoms with Gasteiger partial charge >= 0.3 is 0 Å². The highest BCUT2D eigenvalue weighted by molar-refractivity contribution is 5.96. The zero-order chi connectivity index (χ0) is 13.9. The van der Waals surface area contributed by atoms with Gasteiger partial charge in [0.05, 0.1) is 12.8 Å². The van der Waals surface area contributed by atoms with Crippen LogP contribution in [0, 0.1) is 11.6 Å². The lowest BCUT2D eigenvalue weighted by atomic mass is 10.2. The summed E-state index contributed by atoms with van der Waals surface area (Å²) in [5, 5.41) is 9.26. The van der Waals surface area contributed by atoms with E-state index in [0.29, 0.717) is 0 Å². The Kier molecular flexibility index (Phi) is 4.57. The normalized spacial score (nSPS) is 12.1. The van der Waals surface area contributed by atoms with Crippen LogP contribution >= 0.6 is 0 Å². The number of hydrogen-bond donors (Lipinski definition) is 2. The third-order valence-electron chi connectivity index (χ3n) is 2.42. The number of halogens is 2. The summed E-state index contributed by atoms with van der Waals surface area (Å²) in [5.41, 5.74) is 4.82. The van der Waals surface area contributed by atoms with Gasteiger partial charge in [0.25, 0.3) is 5.91 Å². The molecule has 18 heavy (non-hydrogen) atoms. The summed E-state index contributed by atoms with van der Waals surface area (Å²) in [6.45, 7) is -0.302. The molecule has 1 aromatic rings. The lowest BCUT2D eigenvalue weighted by Gasteiger charge is -2.21. The quantitative estimate of drug-likeness (QED) is 0.814. The molecule has 0 saturated heterocycles. The molecule has 1 rings (SSSR count). The molecule has 0 aliphatic heterocycles. The van der Waals surface area contributed by atoms with Crippen LogP contribution in [0.1, 0.15) is 0 Å². The van der Waals surface area contributed by atoms with E-state index in [1.165, 1.54) is 14.2 Å². The fraction of sp³-hybridized carbons (Fsp3) is 0.364. The second-order valence-electron chi connectivity index (χ2n) is 3.59. The van der Waals surface area contributed by atoms with Gasteiger partial charge in [-0.1, -0.05) is 0 Å². The molecule has 1 unspecified atom stereocenters. The van der Waals surface area contributed by atoms with E-state index in [2.05, 4.69) is 4.74 Å². The van der Waals surface area contributed by atoms with Gasteiger partial charge in [-0.3, -0.25) is 4.79 Å². The molecule has 3 N–H and O–H groups in total. The first-order chi connectivity index (χ1) is 8.42. The molecule has 100 valence electrons. The van der Waals surface area contributed by atoms with Crippen molar-refractivity contribution in [3.05, 3.63) is 23.8 Å². The number of likely N-dealkylation sites (N-methyl/N-ethyl adjacent to an activating group) is 1. The Hall–Kier alpha value is -1.73. The van der Waals surface area contributed by atoms with Crippen LogP contribution in [0.3, 0.4) is 0 Å². The van der Waals surface area contributed by atoms with Crippen molar-refractivity contribution in [1.82, 2.24) is 0 Å². The third-order valence-corrected chi connectivity index (χ3v) is 2.42. The number of carbonyl (C=O) groups excluding carboxylic acids is 1. The smallest absolute Gasteiger partial charge is 0.256 e. The highest BCUT2D eigenvalue weighted by atomic mass is 19.1. The zero-order valence-corrected chi connectivity index (χ0v) is 9.98. The van der Waals surface area contributed by atoms with Gasteiger partial charge in [0.2, 0.25) is 0 Å². The standard InChI is InChI=1S/C11H14F2N2O3/c1-15(11(17)9(16)5-14)8-3-7(13)10(18-2)4-6(8)12/h3-4,9,16H,5,14H2,1-2H3. The summed E-state index contributed by atoms with van der Waals surface area (Å²) in [6, 6.07) is 1.64. The Labute approximate surface area is 103 Å². The predicted octanol–water partition coefficient (Wildman–Crippen LogP) is 0.256. The van der Waals surface area contributed by atoms with Crippen LogP contribution in [0.25, 0.3) is 0 Å². The maximum atomic E-state index is 13.6. The van der Waals surface area contributed by atoms with Gasteiger partial charge in [0, 0.05) is 25.7 Å². The van der Waals surface area contributed by atoms with Gasteiger partial charge in [-0.2, -0.15) is 0 Å². The van der Waals surface area contributed by atoms with Crippen LogP contribution in [0.5, 0.6) is 5.75 Å². The largest absolute Gasteiger partial charge is 0.494 e. The van der Waals surface area contributed by atoms with Gasteiger partial charge in [-0.25, -0.2) is 8.78 Å². The second-order valence-corrected chi connectivity index (χ2v) is 3.59. The summed E-state index contributed by atoms with van der Waals surface area (Å²) in [6.07, 6.45) is -1.46. The molecule has 0 spiro atoms. The maximum Gasteiger partial charge on any atom is 0.256 e. The number of hydrogen-bond acceptors (Lipinski definition) is 4. The van der Waals surface area contributed by atoms with Crippen LogP contribution in [0.4, 0.5) is 14.5 Å². The Morgan fingerprint density at radius 1 is 1.50 bits per heavy atom. The highest BCUT2D eigenvalue weighted by Crippen LogP contribution is 2.27. The van der Waals surface area contributed by atoms with Crippen LogP contribution in [-0.2, 0) is 4.79 Å². The fourth-order valence-electron chi connectivity index (χ4n) is 1.37. The number of amides is 1. The Bertz CT molecular complexity index is 454. The van der Waals surface area contributed by atoms with E-state index in [9.17, 15) is 18.7 Å². The topological polar surface area (TPSA) is 75.8 Å². The molecule has 0 aromatic heterocycles. The van der Waals surface area contributed by atoms with Crippen molar-refractivity contribution in [1.29, 1.82) is 0 Å². The highest BCUT2D eigenvalue weighted by Gasteiger charge is 2.23. The maximum absolute atomic E-state index is 13.6. The number of rotatable bonds is 4. The third kappa shape index (κ3) is 2.74. The Morgan fingerprint density at radius 3 is 2.61 bits per heavy atom. The van der Waals surface area contributed by atoms with Crippen molar-refractivity contribution >= 4 is 11.6 Å². The number of ether oxygens (including phenoxy) is 1. The molecule has 0 saturated carbocycles.